The Labute approximate surface area is 106 Å². The van der Waals surface area contributed by atoms with E-state index in [4.69, 9.17) is 11.6 Å². The summed E-state index contributed by atoms with van der Waals surface area (Å²) < 4.78 is 1.96. The Hall–Kier alpha value is -1.55. The molecule has 4 nitrogen and oxygen atoms in total. The van der Waals surface area contributed by atoms with Crippen LogP contribution in [0.25, 0.3) is 0 Å². The summed E-state index contributed by atoms with van der Waals surface area (Å²) in [5.41, 5.74) is 2.06. The first-order valence-electron chi connectivity index (χ1n) is 5.43. The van der Waals surface area contributed by atoms with Crippen LogP contribution in [0.1, 0.15) is 17.2 Å². The fourth-order valence-corrected chi connectivity index (χ4v) is 1.67. The summed E-state index contributed by atoms with van der Waals surface area (Å²) in [6.07, 6.45) is 0. The number of aryl methyl sites for hydroxylation is 2. The average molecular weight is 251 g/mol. The lowest BCUT2D eigenvalue weighted by Crippen LogP contribution is -2.06. The summed E-state index contributed by atoms with van der Waals surface area (Å²) in [6.45, 7) is 4.55. The third-order valence-electron chi connectivity index (χ3n) is 2.81. The first-order valence-corrected chi connectivity index (χ1v) is 5.80. The zero-order chi connectivity index (χ0) is 12.4. The van der Waals surface area contributed by atoms with Crippen molar-refractivity contribution in [2.45, 2.75) is 20.4 Å². The maximum atomic E-state index is 6.06. The van der Waals surface area contributed by atoms with Crippen molar-refractivity contribution in [2.24, 2.45) is 7.05 Å². The molecule has 90 valence electrons. The molecule has 1 N–H and O–H groups in total. The Morgan fingerprint density at radius 2 is 2.06 bits per heavy atom. The fraction of sp³-hybridized carbons (Fsp3) is 0.333. The lowest BCUT2D eigenvalue weighted by molar-refractivity contribution is 0.789. The monoisotopic (exact) mass is 250 g/mol. The minimum atomic E-state index is 0.636. The van der Waals surface area contributed by atoms with Crippen molar-refractivity contribution in [3.8, 4) is 0 Å². The van der Waals surface area contributed by atoms with Crippen LogP contribution in [0.4, 0.5) is 5.69 Å². The molecule has 2 rings (SSSR count). The molecular formula is C12H15ClN4. The van der Waals surface area contributed by atoms with Gasteiger partial charge >= 0.3 is 0 Å². The SMILES string of the molecule is Cc1ccc(NCc2nnc(C)n2C)cc1Cl. The maximum absolute atomic E-state index is 6.06. The molecule has 2 aromatic rings. The van der Waals surface area contributed by atoms with Gasteiger partial charge in [0.1, 0.15) is 5.82 Å². The number of halogens is 1. The summed E-state index contributed by atoms with van der Waals surface area (Å²) in [5, 5.41) is 12.1. The number of nitrogens with zero attached hydrogens (tertiary/aromatic N) is 3. The van der Waals surface area contributed by atoms with E-state index in [1.54, 1.807) is 0 Å². The fourth-order valence-electron chi connectivity index (χ4n) is 1.49. The third kappa shape index (κ3) is 2.58. The maximum Gasteiger partial charge on any atom is 0.152 e. The van der Waals surface area contributed by atoms with E-state index in [-0.39, 0.29) is 0 Å². The molecule has 1 aromatic carbocycles. The van der Waals surface area contributed by atoms with Crippen molar-refractivity contribution in [3.63, 3.8) is 0 Å². The van der Waals surface area contributed by atoms with Crippen molar-refractivity contribution in [1.29, 1.82) is 0 Å². The van der Waals surface area contributed by atoms with Crippen LogP contribution in [-0.4, -0.2) is 14.8 Å². The largest absolute Gasteiger partial charge is 0.378 e. The van der Waals surface area contributed by atoms with Crippen LogP contribution in [0.3, 0.4) is 0 Å². The molecule has 1 heterocycles. The Morgan fingerprint density at radius 3 is 2.65 bits per heavy atom. The average Bonchev–Trinajstić information content (AvgIpc) is 2.62. The normalized spacial score (nSPS) is 10.6. The summed E-state index contributed by atoms with van der Waals surface area (Å²) in [6, 6.07) is 5.91. The quantitative estimate of drug-likeness (QED) is 0.911. The number of aromatic nitrogens is 3. The Morgan fingerprint density at radius 1 is 1.29 bits per heavy atom. The van der Waals surface area contributed by atoms with Crippen LogP contribution in [-0.2, 0) is 13.6 Å². The molecule has 5 heteroatoms. The second-order valence-corrected chi connectivity index (χ2v) is 4.45. The summed E-state index contributed by atoms with van der Waals surface area (Å²) >= 11 is 6.06. The van der Waals surface area contributed by atoms with Gasteiger partial charge in [0.25, 0.3) is 0 Å². The number of hydrogen-bond acceptors (Lipinski definition) is 3. The van der Waals surface area contributed by atoms with Gasteiger partial charge in [-0.2, -0.15) is 0 Å². The summed E-state index contributed by atoms with van der Waals surface area (Å²) in [5.74, 6) is 1.81. The topological polar surface area (TPSA) is 42.7 Å². The predicted octanol–water partition coefficient (Wildman–Crippen LogP) is 2.70. The molecule has 0 aliphatic rings. The molecule has 17 heavy (non-hydrogen) atoms. The predicted molar refractivity (Wildman–Crippen MR) is 69.3 cm³/mol. The smallest absolute Gasteiger partial charge is 0.152 e. The molecule has 0 spiro atoms. The van der Waals surface area contributed by atoms with Crippen LogP contribution in [0.15, 0.2) is 18.2 Å². The van der Waals surface area contributed by atoms with Gasteiger partial charge in [-0.15, -0.1) is 10.2 Å². The number of anilines is 1. The van der Waals surface area contributed by atoms with Gasteiger partial charge in [0.2, 0.25) is 0 Å². The second-order valence-electron chi connectivity index (χ2n) is 4.04. The van der Waals surface area contributed by atoms with Gasteiger partial charge in [0.15, 0.2) is 5.82 Å². The Bertz CT molecular complexity index is 533. The van der Waals surface area contributed by atoms with Crippen molar-refractivity contribution < 1.29 is 0 Å². The van der Waals surface area contributed by atoms with E-state index in [1.165, 1.54) is 0 Å². The van der Waals surface area contributed by atoms with Gasteiger partial charge in [-0.05, 0) is 31.5 Å². The lowest BCUT2D eigenvalue weighted by atomic mass is 10.2. The molecule has 0 aliphatic heterocycles. The van der Waals surface area contributed by atoms with Crippen LogP contribution < -0.4 is 5.32 Å². The van der Waals surface area contributed by atoms with Crippen molar-refractivity contribution in [3.05, 3.63) is 40.4 Å². The highest BCUT2D eigenvalue weighted by atomic mass is 35.5. The van der Waals surface area contributed by atoms with E-state index in [9.17, 15) is 0 Å². The molecule has 0 amide bonds. The molecule has 0 unspecified atom stereocenters. The number of hydrogen-bond donors (Lipinski definition) is 1. The van der Waals surface area contributed by atoms with E-state index in [2.05, 4.69) is 15.5 Å². The standard InChI is InChI=1S/C12H15ClN4/c1-8-4-5-10(6-11(8)13)14-7-12-16-15-9(2)17(12)3/h4-6,14H,7H2,1-3H3. The first-order chi connectivity index (χ1) is 8.08. The highest BCUT2D eigenvalue weighted by molar-refractivity contribution is 6.31. The minimum Gasteiger partial charge on any atom is -0.378 e. The van der Waals surface area contributed by atoms with Crippen molar-refractivity contribution in [2.75, 3.05) is 5.32 Å². The molecule has 0 atom stereocenters. The molecule has 0 aliphatic carbocycles. The minimum absolute atomic E-state index is 0.636. The molecule has 0 fully saturated rings. The van der Waals surface area contributed by atoms with Gasteiger partial charge in [0, 0.05) is 17.8 Å². The highest BCUT2D eigenvalue weighted by Crippen LogP contribution is 2.20. The van der Waals surface area contributed by atoms with E-state index in [0.29, 0.717) is 6.54 Å². The molecule has 1 aromatic heterocycles. The molecule has 0 saturated heterocycles. The first kappa shape index (κ1) is 11.9. The van der Waals surface area contributed by atoms with E-state index in [1.807, 2.05) is 43.7 Å². The van der Waals surface area contributed by atoms with Gasteiger partial charge in [-0.25, -0.2) is 0 Å². The highest BCUT2D eigenvalue weighted by Gasteiger charge is 2.04. The summed E-state index contributed by atoms with van der Waals surface area (Å²) in [4.78, 5) is 0. The molecule has 0 radical (unpaired) electrons. The van der Waals surface area contributed by atoms with Gasteiger partial charge < -0.3 is 9.88 Å². The van der Waals surface area contributed by atoms with Gasteiger partial charge in [-0.3, -0.25) is 0 Å². The van der Waals surface area contributed by atoms with Crippen LogP contribution in [0, 0.1) is 13.8 Å². The van der Waals surface area contributed by atoms with Crippen LogP contribution >= 0.6 is 11.6 Å². The van der Waals surface area contributed by atoms with E-state index >= 15 is 0 Å². The number of benzene rings is 1. The lowest BCUT2D eigenvalue weighted by Gasteiger charge is -2.07. The molecule has 0 bridgehead atoms. The van der Waals surface area contributed by atoms with Crippen molar-refractivity contribution >= 4 is 17.3 Å². The van der Waals surface area contributed by atoms with Crippen LogP contribution in [0.2, 0.25) is 5.02 Å². The van der Waals surface area contributed by atoms with Gasteiger partial charge in [0.05, 0.1) is 6.54 Å². The second kappa shape index (κ2) is 4.75. The zero-order valence-electron chi connectivity index (χ0n) is 10.2. The van der Waals surface area contributed by atoms with Gasteiger partial charge in [-0.1, -0.05) is 17.7 Å². The van der Waals surface area contributed by atoms with Crippen LogP contribution in [0.5, 0.6) is 0 Å². The molecule has 0 saturated carbocycles. The zero-order valence-corrected chi connectivity index (χ0v) is 10.9. The van der Waals surface area contributed by atoms with E-state index in [0.717, 1.165) is 27.9 Å². The van der Waals surface area contributed by atoms with Crippen molar-refractivity contribution in [1.82, 2.24) is 14.8 Å². The van der Waals surface area contributed by atoms with E-state index < -0.39 is 0 Å². The molecular weight excluding hydrogens is 236 g/mol. The Balaban J connectivity index is 2.07. The third-order valence-corrected chi connectivity index (χ3v) is 3.21. The number of rotatable bonds is 3. The summed E-state index contributed by atoms with van der Waals surface area (Å²) in [7, 11) is 1.95. The Kier molecular flexibility index (Phi) is 3.33. The number of nitrogens with one attached hydrogen (secondary N) is 1.